The van der Waals surface area contributed by atoms with Crippen LogP contribution in [0.4, 0.5) is 0 Å². The number of rotatable bonds is 4. The summed E-state index contributed by atoms with van der Waals surface area (Å²) in [6.45, 7) is 4.73. The lowest BCUT2D eigenvalue weighted by Gasteiger charge is -2.05. The monoisotopic (exact) mass is 264 g/mol. The number of H-pyrrole nitrogens is 2. The molecule has 0 saturated carbocycles. The van der Waals surface area contributed by atoms with Gasteiger partial charge in [0.05, 0.1) is 5.56 Å². The van der Waals surface area contributed by atoms with Crippen LogP contribution in [0.5, 0.6) is 0 Å². The third-order valence-electron chi connectivity index (χ3n) is 2.79. The molecule has 0 unspecified atom stereocenters. The first-order chi connectivity index (χ1) is 8.63. The average Bonchev–Trinajstić information content (AvgIpc) is 2.68. The Bertz CT molecular complexity index is 653. The molecule has 0 fully saturated rings. The normalized spacial score (nSPS) is 10.8. The van der Waals surface area contributed by atoms with Crippen molar-refractivity contribution in [3.05, 3.63) is 33.0 Å². The number of pyridine rings is 1. The summed E-state index contributed by atoms with van der Waals surface area (Å²) in [7, 11) is 0. The first-order valence-corrected chi connectivity index (χ1v) is 6.39. The molecule has 0 radical (unpaired) electrons. The van der Waals surface area contributed by atoms with E-state index in [0.717, 1.165) is 25.1 Å². The van der Waals surface area contributed by atoms with Gasteiger partial charge in [0.2, 0.25) is 0 Å². The Balaban J connectivity index is 2.50. The van der Waals surface area contributed by atoms with E-state index in [1.807, 2.05) is 17.6 Å². The van der Waals surface area contributed by atoms with Crippen LogP contribution in [0, 0.1) is 11.7 Å². The maximum Gasteiger partial charge on any atom is 0.259 e. The Morgan fingerprint density at radius 3 is 2.89 bits per heavy atom. The molecule has 0 bridgehead atoms. The van der Waals surface area contributed by atoms with E-state index in [1.165, 1.54) is 0 Å². The third kappa shape index (κ3) is 2.43. The second-order valence-corrected chi connectivity index (χ2v) is 4.63. The van der Waals surface area contributed by atoms with E-state index in [4.69, 9.17) is 12.2 Å². The van der Waals surface area contributed by atoms with Crippen LogP contribution in [-0.2, 0) is 6.54 Å². The predicted octanol–water partition coefficient (Wildman–Crippen LogP) is 2.40. The Kier molecular flexibility index (Phi) is 3.76. The zero-order valence-corrected chi connectivity index (χ0v) is 11.3. The summed E-state index contributed by atoms with van der Waals surface area (Å²) in [5, 5.41) is 6.90. The van der Waals surface area contributed by atoms with Gasteiger partial charge in [-0.2, -0.15) is 5.10 Å². The van der Waals surface area contributed by atoms with E-state index in [0.29, 0.717) is 16.2 Å². The molecule has 0 saturated heterocycles. The van der Waals surface area contributed by atoms with Gasteiger partial charge in [0, 0.05) is 12.2 Å². The van der Waals surface area contributed by atoms with Gasteiger partial charge in [-0.25, -0.2) is 0 Å². The summed E-state index contributed by atoms with van der Waals surface area (Å²) < 4.78 is 2.43. The number of hydrogen-bond acceptors (Lipinski definition) is 3. The summed E-state index contributed by atoms with van der Waals surface area (Å²) in [5.74, 6) is 0.606. The van der Waals surface area contributed by atoms with Gasteiger partial charge in [-0.3, -0.25) is 9.89 Å². The highest BCUT2D eigenvalue weighted by Gasteiger charge is 2.11. The average molecular weight is 264 g/mol. The van der Waals surface area contributed by atoms with E-state index in [1.54, 1.807) is 6.07 Å². The fourth-order valence-corrected chi connectivity index (χ4v) is 2.02. The van der Waals surface area contributed by atoms with Crippen LogP contribution in [0.1, 0.15) is 25.5 Å². The quantitative estimate of drug-likeness (QED) is 0.833. The standard InChI is InChI=1S/C12H16N4OS/c1-3-4-7-16-10(14-15-12(16)18)9-6-5-8(2)13-11(9)17/h5-6H,3-4,7H2,1-2H3,(H,13,17)(H,15,18). The summed E-state index contributed by atoms with van der Waals surface area (Å²) >= 11 is 5.19. The van der Waals surface area contributed by atoms with E-state index < -0.39 is 0 Å². The van der Waals surface area contributed by atoms with Crippen LogP contribution in [0.25, 0.3) is 11.4 Å². The van der Waals surface area contributed by atoms with Gasteiger partial charge in [0.15, 0.2) is 10.6 Å². The number of unbranched alkanes of at least 4 members (excludes halogenated alkanes) is 1. The minimum absolute atomic E-state index is 0.137. The van der Waals surface area contributed by atoms with Crippen molar-refractivity contribution in [1.82, 2.24) is 19.7 Å². The van der Waals surface area contributed by atoms with Gasteiger partial charge in [0.1, 0.15) is 0 Å². The number of aryl methyl sites for hydroxylation is 1. The number of hydrogen-bond donors (Lipinski definition) is 2. The van der Waals surface area contributed by atoms with E-state index in [2.05, 4.69) is 22.1 Å². The Hall–Kier alpha value is -1.69. The molecule has 2 aromatic heterocycles. The van der Waals surface area contributed by atoms with E-state index in [-0.39, 0.29) is 5.56 Å². The summed E-state index contributed by atoms with van der Waals surface area (Å²) in [5.41, 5.74) is 1.24. The van der Waals surface area contributed by atoms with E-state index in [9.17, 15) is 4.79 Å². The zero-order valence-electron chi connectivity index (χ0n) is 10.5. The lowest BCUT2D eigenvalue weighted by Crippen LogP contribution is -2.13. The summed E-state index contributed by atoms with van der Waals surface area (Å²) in [6.07, 6.45) is 2.07. The van der Waals surface area contributed by atoms with Gasteiger partial charge < -0.3 is 9.55 Å². The lowest BCUT2D eigenvalue weighted by molar-refractivity contribution is 0.628. The first-order valence-electron chi connectivity index (χ1n) is 5.99. The fourth-order valence-electron chi connectivity index (χ4n) is 1.80. The fraction of sp³-hybridized carbons (Fsp3) is 0.417. The maximum atomic E-state index is 11.9. The lowest BCUT2D eigenvalue weighted by atomic mass is 10.2. The Labute approximate surface area is 110 Å². The minimum Gasteiger partial charge on any atom is -0.326 e. The molecule has 6 heteroatoms. The van der Waals surface area contributed by atoms with Crippen LogP contribution >= 0.6 is 12.2 Å². The molecular weight excluding hydrogens is 248 g/mol. The minimum atomic E-state index is -0.137. The first kappa shape index (κ1) is 12.8. The number of aromatic amines is 2. The predicted molar refractivity (Wildman–Crippen MR) is 73.1 cm³/mol. The van der Waals surface area contributed by atoms with Crippen molar-refractivity contribution < 1.29 is 0 Å². The highest BCUT2D eigenvalue weighted by atomic mass is 32.1. The highest BCUT2D eigenvalue weighted by Crippen LogP contribution is 2.13. The van der Waals surface area contributed by atoms with E-state index >= 15 is 0 Å². The molecule has 0 aliphatic carbocycles. The third-order valence-corrected chi connectivity index (χ3v) is 3.10. The van der Waals surface area contributed by atoms with Crippen LogP contribution in [0.15, 0.2) is 16.9 Å². The molecule has 0 amide bonds. The largest absolute Gasteiger partial charge is 0.326 e. The molecule has 2 aromatic rings. The van der Waals surface area contributed by atoms with Crippen molar-refractivity contribution in [2.24, 2.45) is 0 Å². The van der Waals surface area contributed by atoms with Crippen molar-refractivity contribution in [2.75, 3.05) is 0 Å². The van der Waals surface area contributed by atoms with Crippen molar-refractivity contribution in [1.29, 1.82) is 0 Å². The molecular formula is C12H16N4OS. The number of aromatic nitrogens is 4. The van der Waals surface area contributed by atoms with Gasteiger partial charge in [-0.15, -0.1) is 0 Å². The van der Waals surface area contributed by atoms with Gasteiger partial charge in [-0.05, 0) is 37.7 Å². The SMILES string of the molecule is CCCCn1c(-c2ccc(C)[nH]c2=O)n[nH]c1=S. The second-order valence-electron chi connectivity index (χ2n) is 4.24. The Morgan fingerprint density at radius 1 is 1.44 bits per heavy atom. The molecule has 96 valence electrons. The second kappa shape index (κ2) is 5.30. The molecule has 18 heavy (non-hydrogen) atoms. The molecule has 0 aliphatic rings. The molecule has 0 aromatic carbocycles. The molecule has 2 heterocycles. The maximum absolute atomic E-state index is 11.9. The van der Waals surface area contributed by atoms with Crippen molar-refractivity contribution in [3.8, 4) is 11.4 Å². The van der Waals surface area contributed by atoms with Crippen LogP contribution in [0.2, 0.25) is 0 Å². The molecule has 0 atom stereocenters. The topological polar surface area (TPSA) is 66.5 Å². The number of nitrogens with zero attached hydrogens (tertiary/aromatic N) is 2. The smallest absolute Gasteiger partial charge is 0.259 e. The van der Waals surface area contributed by atoms with Gasteiger partial charge in [-0.1, -0.05) is 13.3 Å². The molecule has 2 N–H and O–H groups in total. The van der Waals surface area contributed by atoms with Crippen LogP contribution in [0.3, 0.4) is 0 Å². The molecule has 5 nitrogen and oxygen atoms in total. The highest BCUT2D eigenvalue weighted by molar-refractivity contribution is 7.71. The molecule has 0 spiro atoms. The van der Waals surface area contributed by atoms with Crippen molar-refractivity contribution in [2.45, 2.75) is 33.2 Å². The van der Waals surface area contributed by atoms with Crippen molar-refractivity contribution >= 4 is 12.2 Å². The molecule has 2 rings (SSSR count). The molecule has 0 aliphatic heterocycles. The van der Waals surface area contributed by atoms with Gasteiger partial charge in [0.25, 0.3) is 5.56 Å². The van der Waals surface area contributed by atoms with Crippen LogP contribution < -0.4 is 5.56 Å². The summed E-state index contributed by atoms with van der Waals surface area (Å²) in [6, 6.07) is 3.64. The van der Waals surface area contributed by atoms with Crippen molar-refractivity contribution in [3.63, 3.8) is 0 Å². The number of nitrogens with one attached hydrogen (secondary N) is 2. The Morgan fingerprint density at radius 2 is 2.22 bits per heavy atom. The zero-order chi connectivity index (χ0) is 13.1. The summed E-state index contributed by atoms with van der Waals surface area (Å²) in [4.78, 5) is 14.7. The van der Waals surface area contributed by atoms with Crippen LogP contribution in [-0.4, -0.2) is 19.7 Å². The van der Waals surface area contributed by atoms with Gasteiger partial charge >= 0.3 is 0 Å².